The van der Waals surface area contributed by atoms with Gasteiger partial charge in [0.05, 0.1) is 10.6 Å². The van der Waals surface area contributed by atoms with Crippen molar-refractivity contribution in [3.63, 3.8) is 0 Å². The van der Waals surface area contributed by atoms with Crippen molar-refractivity contribution in [2.45, 2.75) is 45.8 Å². The molecule has 90 valence electrons. The Morgan fingerprint density at radius 2 is 1.81 bits per heavy atom. The maximum atomic E-state index is 9.95. The molecule has 4 heteroatoms. The van der Waals surface area contributed by atoms with Gasteiger partial charge >= 0.3 is 0 Å². The van der Waals surface area contributed by atoms with E-state index < -0.39 is 5.60 Å². The Bertz CT molecular complexity index is 378. The molecule has 0 bridgehead atoms. The van der Waals surface area contributed by atoms with Crippen molar-refractivity contribution < 1.29 is 5.11 Å². The Morgan fingerprint density at radius 1 is 1.25 bits per heavy atom. The SMILES string of the molecule is CC(C)(C)Nc1cc(C(C)(C)O)c(Cl)cn1. The summed E-state index contributed by atoms with van der Waals surface area (Å²) in [5, 5.41) is 13.7. The van der Waals surface area contributed by atoms with Crippen molar-refractivity contribution in [1.82, 2.24) is 4.98 Å². The summed E-state index contributed by atoms with van der Waals surface area (Å²) in [5.41, 5.74) is -0.359. The number of hydrogen-bond donors (Lipinski definition) is 2. The van der Waals surface area contributed by atoms with Crippen LogP contribution in [0.1, 0.15) is 40.2 Å². The molecule has 0 saturated heterocycles. The van der Waals surface area contributed by atoms with E-state index in [0.29, 0.717) is 16.4 Å². The van der Waals surface area contributed by atoms with Gasteiger partial charge in [-0.25, -0.2) is 4.98 Å². The van der Waals surface area contributed by atoms with Crippen LogP contribution in [0.3, 0.4) is 0 Å². The zero-order valence-electron chi connectivity index (χ0n) is 10.4. The van der Waals surface area contributed by atoms with Gasteiger partial charge in [-0.05, 0) is 40.7 Å². The van der Waals surface area contributed by atoms with Gasteiger partial charge in [-0.1, -0.05) is 11.6 Å². The van der Waals surface area contributed by atoms with Gasteiger partial charge in [0.2, 0.25) is 0 Å². The highest BCUT2D eigenvalue weighted by molar-refractivity contribution is 6.31. The molecule has 1 heterocycles. The molecule has 0 fully saturated rings. The van der Waals surface area contributed by atoms with E-state index in [1.54, 1.807) is 26.1 Å². The summed E-state index contributed by atoms with van der Waals surface area (Å²) in [6.45, 7) is 9.55. The first-order chi connectivity index (χ1) is 7.09. The number of nitrogens with zero attached hydrogens (tertiary/aromatic N) is 1. The highest BCUT2D eigenvalue weighted by Crippen LogP contribution is 2.29. The predicted molar refractivity (Wildman–Crippen MR) is 67.9 cm³/mol. The van der Waals surface area contributed by atoms with E-state index in [4.69, 9.17) is 11.6 Å². The van der Waals surface area contributed by atoms with E-state index in [0.717, 1.165) is 0 Å². The largest absolute Gasteiger partial charge is 0.386 e. The van der Waals surface area contributed by atoms with Crippen molar-refractivity contribution in [3.8, 4) is 0 Å². The normalized spacial score (nSPS) is 12.7. The number of anilines is 1. The van der Waals surface area contributed by atoms with E-state index in [-0.39, 0.29) is 5.54 Å². The number of nitrogens with one attached hydrogen (secondary N) is 1. The van der Waals surface area contributed by atoms with Crippen LogP contribution in [0.2, 0.25) is 5.02 Å². The van der Waals surface area contributed by atoms with Crippen LogP contribution in [0, 0.1) is 0 Å². The summed E-state index contributed by atoms with van der Waals surface area (Å²) >= 11 is 6.00. The van der Waals surface area contributed by atoms with Gasteiger partial charge in [-0.2, -0.15) is 0 Å². The molecule has 16 heavy (non-hydrogen) atoms. The van der Waals surface area contributed by atoms with Crippen LogP contribution in [0.15, 0.2) is 12.3 Å². The van der Waals surface area contributed by atoms with Crippen molar-refractivity contribution in [2.24, 2.45) is 0 Å². The molecule has 0 amide bonds. The van der Waals surface area contributed by atoms with Gasteiger partial charge in [-0.3, -0.25) is 0 Å². The monoisotopic (exact) mass is 242 g/mol. The summed E-state index contributed by atoms with van der Waals surface area (Å²) in [7, 11) is 0. The molecule has 0 unspecified atom stereocenters. The summed E-state index contributed by atoms with van der Waals surface area (Å²) in [6, 6.07) is 1.79. The van der Waals surface area contributed by atoms with E-state index in [2.05, 4.69) is 10.3 Å². The summed E-state index contributed by atoms with van der Waals surface area (Å²) in [6.07, 6.45) is 1.56. The second-order valence-corrected chi connectivity index (χ2v) is 5.89. The minimum atomic E-state index is -0.964. The van der Waals surface area contributed by atoms with E-state index in [1.165, 1.54) is 0 Å². The lowest BCUT2D eigenvalue weighted by Gasteiger charge is -2.24. The molecular weight excluding hydrogens is 224 g/mol. The molecule has 0 aliphatic heterocycles. The van der Waals surface area contributed by atoms with Crippen LogP contribution in [0.25, 0.3) is 0 Å². The van der Waals surface area contributed by atoms with Crippen LogP contribution in [-0.4, -0.2) is 15.6 Å². The third-order valence-corrected chi connectivity index (χ3v) is 2.32. The van der Waals surface area contributed by atoms with Crippen molar-refractivity contribution in [2.75, 3.05) is 5.32 Å². The quantitative estimate of drug-likeness (QED) is 0.837. The van der Waals surface area contributed by atoms with E-state index >= 15 is 0 Å². The van der Waals surface area contributed by atoms with Gasteiger partial charge < -0.3 is 10.4 Å². The molecule has 0 aliphatic carbocycles. The number of halogens is 1. The van der Waals surface area contributed by atoms with Crippen LogP contribution < -0.4 is 5.32 Å². The molecule has 1 rings (SSSR count). The maximum absolute atomic E-state index is 9.95. The topological polar surface area (TPSA) is 45.1 Å². The Hall–Kier alpha value is -0.800. The average Bonchev–Trinajstić information content (AvgIpc) is 2.04. The minimum Gasteiger partial charge on any atom is -0.386 e. The lowest BCUT2D eigenvalue weighted by Crippen LogP contribution is -2.27. The molecule has 3 nitrogen and oxygen atoms in total. The summed E-state index contributed by atoms with van der Waals surface area (Å²) in [5.74, 6) is 0.717. The molecule has 0 aliphatic rings. The van der Waals surface area contributed by atoms with Crippen molar-refractivity contribution in [1.29, 1.82) is 0 Å². The van der Waals surface area contributed by atoms with Crippen LogP contribution in [-0.2, 0) is 5.60 Å². The van der Waals surface area contributed by atoms with Gasteiger partial charge in [0.1, 0.15) is 5.82 Å². The summed E-state index contributed by atoms with van der Waals surface area (Å²) < 4.78 is 0. The number of pyridine rings is 1. The van der Waals surface area contributed by atoms with Gasteiger partial charge in [-0.15, -0.1) is 0 Å². The maximum Gasteiger partial charge on any atom is 0.126 e. The molecule has 0 aromatic carbocycles. The Balaban J connectivity index is 3.09. The van der Waals surface area contributed by atoms with Gasteiger partial charge in [0.15, 0.2) is 0 Å². The first kappa shape index (κ1) is 13.3. The van der Waals surface area contributed by atoms with Crippen molar-refractivity contribution >= 4 is 17.4 Å². The van der Waals surface area contributed by atoms with E-state index in [1.807, 2.05) is 20.8 Å². The zero-order chi connectivity index (χ0) is 12.6. The smallest absolute Gasteiger partial charge is 0.126 e. The first-order valence-electron chi connectivity index (χ1n) is 5.26. The number of rotatable bonds is 2. The van der Waals surface area contributed by atoms with Crippen LogP contribution in [0.5, 0.6) is 0 Å². The van der Waals surface area contributed by atoms with Crippen molar-refractivity contribution in [3.05, 3.63) is 22.8 Å². The molecule has 2 N–H and O–H groups in total. The first-order valence-corrected chi connectivity index (χ1v) is 5.64. The van der Waals surface area contributed by atoms with E-state index in [9.17, 15) is 5.11 Å². The van der Waals surface area contributed by atoms with Gasteiger partial charge in [0, 0.05) is 17.3 Å². The predicted octanol–water partition coefficient (Wildman–Crippen LogP) is 3.17. The van der Waals surface area contributed by atoms with Crippen LogP contribution in [0.4, 0.5) is 5.82 Å². The fourth-order valence-corrected chi connectivity index (χ4v) is 1.69. The third-order valence-electron chi connectivity index (χ3n) is 2.02. The lowest BCUT2D eigenvalue weighted by molar-refractivity contribution is 0.0786. The standard InChI is InChI=1S/C12H19ClN2O/c1-11(2,3)15-10-6-8(12(4,5)16)9(13)7-14-10/h6-7,16H,1-5H3,(H,14,15). The highest BCUT2D eigenvalue weighted by Gasteiger charge is 2.21. The fraction of sp³-hybridized carbons (Fsp3) is 0.583. The highest BCUT2D eigenvalue weighted by atomic mass is 35.5. The fourth-order valence-electron chi connectivity index (χ4n) is 1.36. The summed E-state index contributed by atoms with van der Waals surface area (Å²) in [4.78, 5) is 4.18. The molecule has 1 aromatic heterocycles. The number of hydrogen-bond acceptors (Lipinski definition) is 3. The minimum absolute atomic E-state index is 0.0717. The number of aromatic nitrogens is 1. The Morgan fingerprint density at radius 3 is 2.25 bits per heavy atom. The van der Waals surface area contributed by atoms with Gasteiger partial charge in [0.25, 0.3) is 0 Å². The Labute approximate surface area is 102 Å². The molecule has 1 aromatic rings. The second-order valence-electron chi connectivity index (χ2n) is 5.48. The molecule has 0 radical (unpaired) electrons. The molecular formula is C12H19ClN2O. The van der Waals surface area contributed by atoms with Crippen LogP contribution >= 0.6 is 11.6 Å². The molecule has 0 atom stereocenters. The third kappa shape index (κ3) is 3.65. The Kier molecular flexibility index (Phi) is 3.50. The average molecular weight is 243 g/mol. The second kappa shape index (κ2) is 4.22. The molecule has 0 spiro atoms. The zero-order valence-corrected chi connectivity index (χ0v) is 11.2. The number of aliphatic hydroxyl groups is 1. The molecule has 0 saturated carbocycles. The lowest BCUT2D eigenvalue weighted by atomic mass is 9.99.